The molecule has 0 aliphatic rings. The van der Waals surface area contributed by atoms with Gasteiger partial charge in [0.05, 0.1) is 44.5 Å². The number of aromatic carboxylic acids is 6. The molecule has 18 heteroatoms. The van der Waals surface area contributed by atoms with Crippen LogP contribution < -0.4 is 18.9 Å². The molecule has 0 radical (unpaired) electrons. The lowest BCUT2D eigenvalue weighted by atomic mass is 10.1. The van der Waals surface area contributed by atoms with Gasteiger partial charge in [-0.25, -0.2) is 38.4 Å². The zero-order chi connectivity index (χ0) is 40.8. The second-order valence-corrected chi connectivity index (χ2v) is 11.1. The Morgan fingerprint density at radius 3 is 0.857 bits per heavy atom. The van der Waals surface area contributed by atoms with Crippen molar-refractivity contribution in [2.45, 2.75) is 0 Å². The smallest absolute Gasteiger partial charge is 0.344 e. The van der Waals surface area contributed by atoms with Gasteiger partial charge in [0.2, 0.25) is 0 Å². The van der Waals surface area contributed by atoms with Gasteiger partial charge in [-0.3, -0.25) is 0 Å². The van der Waals surface area contributed by atoms with E-state index in [1.54, 1.807) is 0 Å². The van der Waals surface area contributed by atoms with Crippen molar-refractivity contribution in [2.75, 3.05) is 0 Å². The number of hydrogen-bond acceptors (Lipinski definition) is 12. The maximum Gasteiger partial charge on any atom is 0.344 e. The van der Waals surface area contributed by atoms with Gasteiger partial charge in [-0.2, -0.15) is 0 Å². The first-order valence-corrected chi connectivity index (χ1v) is 15.4. The summed E-state index contributed by atoms with van der Waals surface area (Å²) >= 11 is 0. The number of carboxylic acids is 6. The highest BCUT2D eigenvalue weighted by molar-refractivity contribution is 6.05. The van der Waals surface area contributed by atoms with E-state index in [1.807, 2.05) is 0 Å². The predicted octanol–water partition coefficient (Wildman–Crippen LogP) is 5.90. The number of esters is 2. The van der Waals surface area contributed by atoms with E-state index in [9.17, 15) is 69.0 Å². The third-order valence-electron chi connectivity index (χ3n) is 7.48. The molecule has 0 aliphatic carbocycles. The van der Waals surface area contributed by atoms with Crippen LogP contribution in [0.25, 0.3) is 0 Å². The standard InChI is InChI=1S/C38H22O18/c39-31(40)23-8-4-19(13-27(23)33(43)44)53-21-6-10-25(29(15-21)35(47)48)37(51)55-17-2-1-3-18(12-17)56-38(52)26-11-7-22(16-30(26)36(49)50)54-20-5-9-24(32(41)42)28(14-20)34(45)46/h1-16H,(H,39,40)(H,41,42)(H,43,44)(H,45,46)(H,47,48)(H,49,50). The van der Waals surface area contributed by atoms with Crippen LogP contribution in [0.3, 0.4) is 0 Å². The molecular weight excluding hydrogens is 744 g/mol. The molecule has 0 spiro atoms. The van der Waals surface area contributed by atoms with Gasteiger partial charge in [0.1, 0.15) is 34.5 Å². The number of ether oxygens (including phenoxy) is 4. The fraction of sp³-hybridized carbons (Fsp3) is 0. The summed E-state index contributed by atoms with van der Waals surface area (Å²) < 4.78 is 21.6. The highest BCUT2D eigenvalue weighted by atomic mass is 16.5. The first-order valence-electron chi connectivity index (χ1n) is 15.4. The first kappa shape index (κ1) is 38.7. The summed E-state index contributed by atoms with van der Waals surface area (Å²) in [5.41, 5.74) is -4.29. The van der Waals surface area contributed by atoms with Gasteiger partial charge < -0.3 is 49.6 Å². The lowest BCUT2D eigenvalue weighted by molar-refractivity contribution is 0.0651. The van der Waals surface area contributed by atoms with Crippen LogP contribution in [-0.2, 0) is 0 Å². The van der Waals surface area contributed by atoms with E-state index in [1.165, 1.54) is 30.3 Å². The first-order chi connectivity index (χ1) is 26.5. The van der Waals surface area contributed by atoms with Crippen molar-refractivity contribution >= 4 is 47.8 Å². The summed E-state index contributed by atoms with van der Waals surface area (Å²) in [4.78, 5) is 95.9. The molecule has 56 heavy (non-hydrogen) atoms. The minimum atomic E-state index is -1.58. The minimum Gasteiger partial charge on any atom is -0.478 e. The topological polar surface area (TPSA) is 295 Å². The number of carbonyl (C=O) groups excluding carboxylic acids is 2. The average Bonchev–Trinajstić information content (AvgIpc) is 3.14. The molecule has 5 aromatic rings. The fourth-order valence-corrected chi connectivity index (χ4v) is 4.98. The third kappa shape index (κ3) is 8.73. The molecule has 6 N–H and O–H groups in total. The van der Waals surface area contributed by atoms with Crippen molar-refractivity contribution in [3.8, 4) is 34.5 Å². The van der Waals surface area contributed by atoms with Crippen LogP contribution in [0.15, 0.2) is 97.1 Å². The van der Waals surface area contributed by atoms with E-state index in [-0.39, 0.29) is 34.5 Å². The van der Waals surface area contributed by atoms with E-state index in [2.05, 4.69) is 0 Å². The largest absolute Gasteiger partial charge is 0.478 e. The average molecular weight is 767 g/mol. The van der Waals surface area contributed by atoms with Crippen molar-refractivity contribution in [1.82, 2.24) is 0 Å². The molecule has 0 atom stereocenters. The SMILES string of the molecule is O=C(O)c1ccc(Oc2ccc(C(=O)Oc3cccc(OC(=O)c4ccc(Oc5ccc(C(=O)O)c(C(=O)O)c5)cc4C(=O)O)c3)c(C(=O)O)c2)cc1C(=O)O. The number of hydrogen-bond donors (Lipinski definition) is 6. The molecule has 0 aromatic heterocycles. The van der Waals surface area contributed by atoms with Crippen molar-refractivity contribution in [2.24, 2.45) is 0 Å². The van der Waals surface area contributed by atoms with E-state index in [0.29, 0.717) is 0 Å². The Balaban J connectivity index is 1.31. The monoisotopic (exact) mass is 766 g/mol. The van der Waals surface area contributed by atoms with E-state index >= 15 is 0 Å². The van der Waals surface area contributed by atoms with Gasteiger partial charge >= 0.3 is 47.8 Å². The number of rotatable bonds is 14. The van der Waals surface area contributed by atoms with Gasteiger partial charge in [-0.1, -0.05) is 6.07 Å². The normalized spacial score (nSPS) is 10.4. The summed E-state index contributed by atoms with van der Waals surface area (Å²) in [6.45, 7) is 0. The molecule has 0 saturated carbocycles. The second kappa shape index (κ2) is 16.0. The van der Waals surface area contributed by atoms with Gasteiger partial charge in [0, 0.05) is 6.07 Å². The highest BCUT2D eigenvalue weighted by Gasteiger charge is 2.24. The summed E-state index contributed by atoms with van der Waals surface area (Å²) in [5.74, 6) is -12.7. The maximum atomic E-state index is 13.1. The van der Waals surface area contributed by atoms with Crippen LogP contribution in [0, 0.1) is 0 Å². The lowest BCUT2D eigenvalue weighted by Crippen LogP contribution is -2.15. The van der Waals surface area contributed by atoms with Crippen LogP contribution in [0.1, 0.15) is 82.9 Å². The van der Waals surface area contributed by atoms with Crippen molar-refractivity contribution in [1.29, 1.82) is 0 Å². The van der Waals surface area contributed by atoms with Crippen molar-refractivity contribution in [3.05, 3.63) is 142 Å². The van der Waals surface area contributed by atoms with Crippen LogP contribution in [0.5, 0.6) is 34.5 Å². The van der Waals surface area contributed by atoms with E-state index in [0.717, 1.165) is 66.7 Å². The van der Waals surface area contributed by atoms with Crippen LogP contribution >= 0.6 is 0 Å². The van der Waals surface area contributed by atoms with Crippen LogP contribution in [0.4, 0.5) is 0 Å². The highest BCUT2D eigenvalue weighted by Crippen LogP contribution is 2.30. The summed E-state index contributed by atoms with van der Waals surface area (Å²) in [7, 11) is 0. The zero-order valence-electron chi connectivity index (χ0n) is 27.8. The molecule has 18 nitrogen and oxygen atoms in total. The molecule has 0 unspecified atom stereocenters. The molecule has 0 heterocycles. The number of carboxylic acid groups (broad SMARTS) is 6. The van der Waals surface area contributed by atoms with E-state index in [4.69, 9.17) is 18.9 Å². The number of carbonyl (C=O) groups is 8. The lowest BCUT2D eigenvalue weighted by Gasteiger charge is -2.12. The molecule has 5 rings (SSSR count). The summed E-state index contributed by atoms with van der Waals surface area (Å²) in [6.07, 6.45) is 0. The molecule has 0 fully saturated rings. The van der Waals surface area contributed by atoms with E-state index < -0.39 is 92.3 Å². The summed E-state index contributed by atoms with van der Waals surface area (Å²) in [5, 5.41) is 56.7. The third-order valence-corrected chi connectivity index (χ3v) is 7.48. The predicted molar refractivity (Wildman–Crippen MR) is 184 cm³/mol. The van der Waals surface area contributed by atoms with Crippen molar-refractivity contribution < 1.29 is 87.9 Å². The van der Waals surface area contributed by atoms with Crippen LogP contribution in [0.2, 0.25) is 0 Å². The van der Waals surface area contributed by atoms with Crippen LogP contribution in [-0.4, -0.2) is 78.4 Å². The Hall–Kier alpha value is -8.54. The molecular formula is C38H22O18. The molecule has 0 aliphatic heterocycles. The minimum absolute atomic E-state index is 0.147. The van der Waals surface area contributed by atoms with Gasteiger partial charge in [0.15, 0.2) is 0 Å². The Labute approximate surface area is 311 Å². The van der Waals surface area contributed by atoms with Crippen molar-refractivity contribution in [3.63, 3.8) is 0 Å². The fourth-order valence-electron chi connectivity index (χ4n) is 4.98. The Morgan fingerprint density at radius 1 is 0.304 bits per heavy atom. The second-order valence-electron chi connectivity index (χ2n) is 11.1. The summed E-state index contributed by atoms with van der Waals surface area (Å²) in [6, 6.07) is 17.4. The Kier molecular flexibility index (Phi) is 11.1. The molecule has 0 bridgehead atoms. The maximum absolute atomic E-state index is 13.1. The Morgan fingerprint density at radius 2 is 0.571 bits per heavy atom. The van der Waals surface area contributed by atoms with Gasteiger partial charge in [-0.05, 0) is 84.9 Å². The molecule has 282 valence electrons. The number of benzene rings is 5. The quantitative estimate of drug-likeness (QED) is 0.0566. The Bertz CT molecular complexity index is 2330. The molecule has 5 aromatic carbocycles. The van der Waals surface area contributed by atoms with Gasteiger partial charge in [0.25, 0.3) is 0 Å². The molecule has 0 amide bonds. The van der Waals surface area contributed by atoms with Gasteiger partial charge in [-0.15, -0.1) is 0 Å². The molecule has 0 saturated heterocycles. The zero-order valence-corrected chi connectivity index (χ0v) is 27.8.